The molecule has 0 aromatic rings. The molecule has 0 aromatic heterocycles. The van der Waals surface area contributed by atoms with Gasteiger partial charge in [-0.15, -0.1) is 0 Å². The van der Waals surface area contributed by atoms with Crippen molar-refractivity contribution in [2.45, 2.75) is 64.1 Å². The van der Waals surface area contributed by atoms with E-state index in [0.717, 1.165) is 57.4 Å². The molecule has 2 N–H and O–H groups in total. The average Bonchev–Trinajstić information content (AvgIpc) is 3.16. The standard InChI is InChI=1S/C20H38F3N5/c1-3-24-19(26-12-15-27(2)18-6-4-5-7-18)25-11-8-17-9-13-28(14-10-17)16-20(21,22)23/h17-18H,3-16H2,1-2H3,(H2,24,25,26). The van der Waals surface area contributed by atoms with E-state index in [1.54, 1.807) is 0 Å². The molecule has 0 spiro atoms. The van der Waals surface area contributed by atoms with Crippen LogP contribution in [0.15, 0.2) is 4.99 Å². The minimum absolute atomic E-state index is 0.476. The fraction of sp³-hybridized carbons (Fsp3) is 0.950. The van der Waals surface area contributed by atoms with E-state index >= 15 is 0 Å². The lowest BCUT2D eigenvalue weighted by atomic mass is 9.93. The van der Waals surface area contributed by atoms with E-state index in [4.69, 9.17) is 0 Å². The van der Waals surface area contributed by atoms with Crippen LogP contribution in [0, 0.1) is 5.92 Å². The molecule has 0 unspecified atom stereocenters. The number of likely N-dealkylation sites (tertiary alicyclic amines) is 1. The van der Waals surface area contributed by atoms with Crippen LogP contribution in [0.1, 0.15) is 51.9 Å². The highest BCUT2D eigenvalue weighted by Gasteiger charge is 2.32. The molecular weight excluding hydrogens is 367 g/mol. The molecule has 5 nitrogen and oxygen atoms in total. The van der Waals surface area contributed by atoms with Crippen molar-refractivity contribution in [2.75, 3.05) is 52.9 Å². The summed E-state index contributed by atoms with van der Waals surface area (Å²) in [6.45, 7) is 5.78. The van der Waals surface area contributed by atoms with Crippen LogP contribution in [0.4, 0.5) is 13.2 Å². The second-order valence-electron chi connectivity index (χ2n) is 8.23. The van der Waals surface area contributed by atoms with Gasteiger partial charge in [0.15, 0.2) is 5.96 Å². The van der Waals surface area contributed by atoms with Crippen molar-refractivity contribution in [3.05, 3.63) is 0 Å². The SMILES string of the molecule is CCNC(=NCCC1CCN(CC(F)(F)F)CC1)NCCN(C)C1CCCC1. The zero-order valence-corrected chi connectivity index (χ0v) is 17.5. The van der Waals surface area contributed by atoms with Gasteiger partial charge in [-0.25, -0.2) is 0 Å². The fourth-order valence-electron chi connectivity index (χ4n) is 4.27. The van der Waals surface area contributed by atoms with Gasteiger partial charge < -0.3 is 15.5 Å². The Bertz CT molecular complexity index is 455. The summed E-state index contributed by atoms with van der Waals surface area (Å²) < 4.78 is 37.4. The fourth-order valence-corrected chi connectivity index (χ4v) is 4.27. The van der Waals surface area contributed by atoms with Crippen LogP contribution in [0.3, 0.4) is 0 Å². The Morgan fingerprint density at radius 2 is 1.79 bits per heavy atom. The molecule has 0 radical (unpaired) electrons. The highest BCUT2D eigenvalue weighted by molar-refractivity contribution is 5.79. The zero-order valence-electron chi connectivity index (χ0n) is 17.5. The van der Waals surface area contributed by atoms with Crippen LogP contribution >= 0.6 is 0 Å². The van der Waals surface area contributed by atoms with Gasteiger partial charge in [0.1, 0.15) is 0 Å². The van der Waals surface area contributed by atoms with Crippen molar-refractivity contribution >= 4 is 5.96 Å². The Kier molecular flexibility index (Phi) is 9.85. The molecule has 1 saturated heterocycles. The second-order valence-corrected chi connectivity index (χ2v) is 8.23. The molecule has 2 fully saturated rings. The quantitative estimate of drug-likeness (QED) is 0.457. The number of hydrogen-bond acceptors (Lipinski definition) is 3. The number of hydrogen-bond donors (Lipinski definition) is 2. The predicted octanol–water partition coefficient (Wildman–Crippen LogP) is 3.08. The summed E-state index contributed by atoms with van der Waals surface area (Å²) in [6.07, 6.45) is 3.85. The molecule has 0 atom stereocenters. The average molecular weight is 406 g/mol. The number of nitrogens with zero attached hydrogens (tertiary/aromatic N) is 3. The Morgan fingerprint density at radius 1 is 1.11 bits per heavy atom. The minimum Gasteiger partial charge on any atom is -0.357 e. The maximum Gasteiger partial charge on any atom is 0.401 e. The van der Waals surface area contributed by atoms with E-state index in [1.807, 2.05) is 0 Å². The van der Waals surface area contributed by atoms with Gasteiger partial charge in [-0.3, -0.25) is 9.89 Å². The van der Waals surface area contributed by atoms with E-state index in [0.29, 0.717) is 19.0 Å². The summed E-state index contributed by atoms with van der Waals surface area (Å²) in [4.78, 5) is 8.63. The van der Waals surface area contributed by atoms with Gasteiger partial charge in [0.05, 0.1) is 6.54 Å². The van der Waals surface area contributed by atoms with Crippen LogP contribution in [0.25, 0.3) is 0 Å². The monoisotopic (exact) mass is 405 g/mol. The number of aliphatic imine (C=N–C) groups is 1. The van der Waals surface area contributed by atoms with E-state index < -0.39 is 12.7 Å². The van der Waals surface area contributed by atoms with Gasteiger partial charge in [0.2, 0.25) is 0 Å². The Hall–Kier alpha value is -1.02. The maximum atomic E-state index is 12.5. The van der Waals surface area contributed by atoms with Crippen LogP contribution in [-0.4, -0.2) is 80.8 Å². The molecule has 0 aromatic carbocycles. The largest absolute Gasteiger partial charge is 0.401 e. The van der Waals surface area contributed by atoms with E-state index in [1.165, 1.54) is 30.6 Å². The first-order valence-electron chi connectivity index (χ1n) is 10.9. The first-order valence-corrected chi connectivity index (χ1v) is 10.9. The molecule has 2 aliphatic rings. The number of alkyl halides is 3. The third-order valence-electron chi connectivity index (χ3n) is 5.97. The molecular formula is C20H38F3N5. The second kappa shape index (κ2) is 11.9. The van der Waals surface area contributed by atoms with Crippen molar-refractivity contribution in [2.24, 2.45) is 10.9 Å². The van der Waals surface area contributed by atoms with Crippen LogP contribution in [0.2, 0.25) is 0 Å². The maximum absolute atomic E-state index is 12.5. The summed E-state index contributed by atoms with van der Waals surface area (Å²) in [5, 5.41) is 6.69. The smallest absolute Gasteiger partial charge is 0.357 e. The molecule has 1 aliphatic carbocycles. The van der Waals surface area contributed by atoms with E-state index in [9.17, 15) is 13.2 Å². The van der Waals surface area contributed by atoms with Crippen molar-refractivity contribution in [1.82, 2.24) is 20.4 Å². The highest BCUT2D eigenvalue weighted by atomic mass is 19.4. The predicted molar refractivity (Wildman–Crippen MR) is 109 cm³/mol. The molecule has 28 heavy (non-hydrogen) atoms. The first-order chi connectivity index (χ1) is 13.4. The number of guanidine groups is 1. The molecule has 0 bridgehead atoms. The topological polar surface area (TPSA) is 42.9 Å². The number of halogens is 3. The minimum atomic E-state index is -4.09. The third-order valence-corrected chi connectivity index (χ3v) is 5.97. The Labute approximate surface area is 168 Å². The van der Waals surface area contributed by atoms with Gasteiger partial charge in [0.25, 0.3) is 0 Å². The van der Waals surface area contributed by atoms with Crippen LogP contribution in [-0.2, 0) is 0 Å². The normalized spacial score (nSPS) is 20.9. The summed E-state index contributed by atoms with van der Waals surface area (Å²) in [5.74, 6) is 1.32. The van der Waals surface area contributed by atoms with Crippen molar-refractivity contribution in [3.63, 3.8) is 0 Å². The highest BCUT2D eigenvalue weighted by Crippen LogP contribution is 2.24. The summed E-state index contributed by atoms with van der Waals surface area (Å²) in [6, 6.07) is 0.726. The van der Waals surface area contributed by atoms with Crippen molar-refractivity contribution in [1.29, 1.82) is 0 Å². The van der Waals surface area contributed by atoms with Gasteiger partial charge in [-0.1, -0.05) is 12.8 Å². The molecule has 164 valence electrons. The van der Waals surface area contributed by atoms with E-state index in [2.05, 4.69) is 34.5 Å². The summed E-state index contributed by atoms with van der Waals surface area (Å²) in [7, 11) is 2.20. The zero-order chi connectivity index (χ0) is 20.4. The molecule has 0 amide bonds. The molecule has 1 heterocycles. The van der Waals surface area contributed by atoms with Crippen LogP contribution in [0.5, 0.6) is 0 Å². The molecule has 1 aliphatic heterocycles. The number of piperidine rings is 1. The molecule has 8 heteroatoms. The lowest BCUT2D eigenvalue weighted by Gasteiger charge is -2.32. The van der Waals surface area contributed by atoms with Gasteiger partial charge in [0, 0.05) is 32.2 Å². The number of likely N-dealkylation sites (N-methyl/N-ethyl adjacent to an activating group) is 1. The van der Waals surface area contributed by atoms with Gasteiger partial charge >= 0.3 is 6.18 Å². The van der Waals surface area contributed by atoms with Crippen LogP contribution < -0.4 is 10.6 Å². The molecule has 2 rings (SSSR count). The lowest BCUT2D eigenvalue weighted by molar-refractivity contribution is -0.148. The third kappa shape index (κ3) is 8.99. The van der Waals surface area contributed by atoms with Crippen molar-refractivity contribution < 1.29 is 13.2 Å². The Balaban J connectivity index is 1.64. The van der Waals surface area contributed by atoms with Crippen molar-refractivity contribution in [3.8, 4) is 0 Å². The van der Waals surface area contributed by atoms with Gasteiger partial charge in [-0.05, 0) is 65.1 Å². The molecule has 1 saturated carbocycles. The Morgan fingerprint density at radius 3 is 2.39 bits per heavy atom. The lowest BCUT2D eigenvalue weighted by Crippen LogP contribution is -2.42. The number of rotatable bonds is 9. The summed E-state index contributed by atoms with van der Waals surface area (Å²) in [5.41, 5.74) is 0. The number of nitrogens with one attached hydrogen (secondary N) is 2. The van der Waals surface area contributed by atoms with E-state index in [-0.39, 0.29) is 0 Å². The first kappa shape index (κ1) is 23.3. The summed E-state index contributed by atoms with van der Waals surface area (Å²) >= 11 is 0. The van der Waals surface area contributed by atoms with Gasteiger partial charge in [-0.2, -0.15) is 13.2 Å².